The molecule has 0 heterocycles. The second-order valence-corrected chi connectivity index (χ2v) is 5.25. The number of nitro benzene ring substituents is 1. The molecule has 0 amide bonds. The largest absolute Gasteiger partial charge is 0.393 e. The maximum absolute atomic E-state index is 11.2. The highest BCUT2D eigenvalue weighted by Crippen LogP contribution is 2.36. The third kappa shape index (κ3) is 3.08. The molecule has 21 heavy (non-hydrogen) atoms. The molecule has 1 unspecified atom stereocenters. The van der Waals surface area contributed by atoms with Crippen LogP contribution in [-0.4, -0.2) is 12.0 Å². The average molecular weight is 306 g/mol. The molecule has 110 valence electrons. The number of anilines is 2. The normalized spacial score (nSPS) is 12.0. The number of nitrogens with two attached hydrogens (primary N) is 1. The van der Waals surface area contributed by atoms with E-state index in [0.717, 1.165) is 5.56 Å². The van der Waals surface area contributed by atoms with Crippen LogP contribution < -0.4 is 10.6 Å². The predicted molar refractivity (Wildman–Crippen MR) is 85.8 cm³/mol. The zero-order chi connectivity index (χ0) is 15.6. The van der Waals surface area contributed by atoms with Gasteiger partial charge < -0.3 is 10.6 Å². The van der Waals surface area contributed by atoms with Crippen LogP contribution in [0.5, 0.6) is 0 Å². The lowest BCUT2D eigenvalue weighted by Crippen LogP contribution is -2.22. The summed E-state index contributed by atoms with van der Waals surface area (Å²) in [7, 11) is 1.80. The monoisotopic (exact) mass is 305 g/mol. The van der Waals surface area contributed by atoms with Crippen molar-refractivity contribution in [3.63, 3.8) is 0 Å². The number of para-hydroxylation sites is 1. The minimum atomic E-state index is -0.453. The zero-order valence-electron chi connectivity index (χ0n) is 11.8. The standard InChI is InChI=1S/C15H16ClN3O2/c1-10(11-5-3-6-12(16)9-11)18(2)14-8-4-7-13(17)15(14)19(20)21/h3-10H,17H2,1-2H3. The van der Waals surface area contributed by atoms with Gasteiger partial charge in [0.2, 0.25) is 0 Å². The van der Waals surface area contributed by atoms with Gasteiger partial charge in [-0.1, -0.05) is 29.8 Å². The molecule has 6 heteroatoms. The number of hydrogen-bond donors (Lipinski definition) is 1. The van der Waals surface area contributed by atoms with E-state index < -0.39 is 4.92 Å². The van der Waals surface area contributed by atoms with Crippen molar-refractivity contribution in [1.29, 1.82) is 0 Å². The highest BCUT2D eigenvalue weighted by atomic mass is 35.5. The van der Waals surface area contributed by atoms with Crippen molar-refractivity contribution in [2.75, 3.05) is 17.7 Å². The summed E-state index contributed by atoms with van der Waals surface area (Å²) in [5.74, 6) is 0. The van der Waals surface area contributed by atoms with Crippen molar-refractivity contribution in [2.45, 2.75) is 13.0 Å². The lowest BCUT2D eigenvalue weighted by molar-refractivity contribution is -0.383. The topological polar surface area (TPSA) is 72.4 Å². The summed E-state index contributed by atoms with van der Waals surface area (Å²) in [4.78, 5) is 12.6. The van der Waals surface area contributed by atoms with Gasteiger partial charge in [-0.15, -0.1) is 0 Å². The molecule has 0 saturated carbocycles. The Morgan fingerprint density at radius 2 is 1.95 bits per heavy atom. The second kappa shape index (κ2) is 6.01. The number of hydrogen-bond acceptors (Lipinski definition) is 4. The maximum Gasteiger partial charge on any atom is 0.315 e. The quantitative estimate of drug-likeness (QED) is 0.526. The number of nitro groups is 1. The third-order valence-corrected chi connectivity index (χ3v) is 3.76. The number of nitrogen functional groups attached to an aromatic ring is 1. The first kappa shape index (κ1) is 15.1. The van der Waals surface area contributed by atoms with E-state index in [1.807, 2.05) is 30.0 Å². The van der Waals surface area contributed by atoms with Gasteiger partial charge in [-0.25, -0.2) is 0 Å². The fourth-order valence-corrected chi connectivity index (χ4v) is 2.43. The Labute approximate surface area is 128 Å². The first-order chi connectivity index (χ1) is 9.91. The summed E-state index contributed by atoms with van der Waals surface area (Å²) in [5, 5.41) is 11.9. The van der Waals surface area contributed by atoms with E-state index in [9.17, 15) is 10.1 Å². The fraction of sp³-hybridized carbons (Fsp3) is 0.200. The van der Waals surface area contributed by atoms with Gasteiger partial charge in [0.25, 0.3) is 0 Å². The Morgan fingerprint density at radius 3 is 2.57 bits per heavy atom. The van der Waals surface area contributed by atoms with E-state index in [0.29, 0.717) is 10.7 Å². The summed E-state index contributed by atoms with van der Waals surface area (Å²) in [6.07, 6.45) is 0. The summed E-state index contributed by atoms with van der Waals surface area (Å²) < 4.78 is 0. The van der Waals surface area contributed by atoms with Gasteiger partial charge in [0.1, 0.15) is 11.4 Å². The summed E-state index contributed by atoms with van der Waals surface area (Å²) in [6, 6.07) is 12.3. The SMILES string of the molecule is CC(c1cccc(Cl)c1)N(C)c1cccc(N)c1[N+](=O)[O-]. The maximum atomic E-state index is 11.2. The van der Waals surface area contributed by atoms with Crippen LogP contribution in [0.1, 0.15) is 18.5 Å². The van der Waals surface area contributed by atoms with Gasteiger partial charge in [0.05, 0.1) is 11.0 Å². The van der Waals surface area contributed by atoms with Gasteiger partial charge in [0, 0.05) is 12.1 Å². The molecule has 0 fully saturated rings. The van der Waals surface area contributed by atoms with Crippen LogP contribution in [0.15, 0.2) is 42.5 Å². The number of rotatable bonds is 4. The van der Waals surface area contributed by atoms with Crippen LogP contribution in [0.3, 0.4) is 0 Å². The second-order valence-electron chi connectivity index (χ2n) is 4.81. The van der Waals surface area contributed by atoms with E-state index in [4.69, 9.17) is 17.3 Å². The molecule has 0 bridgehead atoms. The molecule has 0 spiro atoms. The average Bonchev–Trinajstić information content (AvgIpc) is 2.45. The minimum absolute atomic E-state index is 0.0751. The van der Waals surface area contributed by atoms with Crippen molar-refractivity contribution >= 4 is 28.7 Å². The molecule has 0 aliphatic carbocycles. The lowest BCUT2D eigenvalue weighted by Gasteiger charge is -2.27. The van der Waals surface area contributed by atoms with Gasteiger partial charge in [0.15, 0.2) is 0 Å². The molecule has 0 saturated heterocycles. The van der Waals surface area contributed by atoms with Crippen LogP contribution in [0, 0.1) is 10.1 Å². The summed E-state index contributed by atoms with van der Waals surface area (Å²) >= 11 is 6.00. The van der Waals surface area contributed by atoms with Crippen LogP contribution in [0.4, 0.5) is 17.1 Å². The molecule has 1 atom stereocenters. The van der Waals surface area contributed by atoms with E-state index in [2.05, 4.69) is 0 Å². The molecular formula is C15H16ClN3O2. The van der Waals surface area contributed by atoms with Crippen molar-refractivity contribution in [1.82, 2.24) is 0 Å². The van der Waals surface area contributed by atoms with E-state index in [1.165, 1.54) is 6.07 Å². The van der Waals surface area contributed by atoms with Crippen molar-refractivity contribution in [2.24, 2.45) is 0 Å². The van der Waals surface area contributed by atoms with Crippen LogP contribution in [-0.2, 0) is 0 Å². The summed E-state index contributed by atoms with van der Waals surface area (Å²) in [6.45, 7) is 1.96. The van der Waals surface area contributed by atoms with Crippen molar-refractivity contribution in [3.05, 3.63) is 63.2 Å². The Morgan fingerprint density at radius 1 is 1.29 bits per heavy atom. The van der Waals surface area contributed by atoms with Gasteiger partial charge in [-0.05, 0) is 36.8 Å². The summed E-state index contributed by atoms with van der Waals surface area (Å²) in [5.41, 5.74) is 7.27. The molecular weight excluding hydrogens is 290 g/mol. The third-order valence-electron chi connectivity index (χ3n) is 3.52. The Bertz CT molecular complexity index is 676. The Balaban J connectivity index is 2.43. The van der Waals surface area contributed by atoms with Gasteiger partial charge in [-0.2, -0.15) is 0 Å². The van der Waals surface area contributed by atoms with Gasteiger partial charge >= 0.3 is 5.69 Å². The molecule has 2 N–H and O–H groups in total. The Hall–Kier alpha value is -2.27. The van der Waals surface area contributed by atoms with E-state index in [-0.39, 0.29) is 17.4 Å². The van der Waals surface area contributed by atoms with Gasteiger partial charge in [-0.3, -0.25) is 10.1 Å². The van der Waals surface area contributed by atoms with Crippen LogP contribution in [0.25, 0.3) is 0 Å². The zero-order valence-corrected chi connectivity index (χ0v) is 12.5. The molecule has 2 aromatic rings. The molecule has 0 aliphatic heterocycles. The molecule has 2 aromatic carbocycles. The minimum Gasteiger partial charge on any atom is -0.393 e. The number of halogens is 1. The lowest BCUT2D eigenvalue weighted by atomic mass is 10.1. The highest BCUT2D eigenvalue weighted by Gasteiger charge is 2.23. The van der Waals surface area contributed by atoms with E-state index >= 15 is 0 Å². The number of benzene rings is 2. The highest BCUT2D eigenvalue weighted by molar-refractivity contribution is 6.30. The first-order valence-corrected chi connectivity index (χ1v) is 6.80. The molecule has 0 aliphatic rings. The molecule has 0 aromatic heterocycles. The molecule has 0 radical (unpaired) electrons. The molecule has 5 nitrogen and oxygen atoms in total. The van der Waals surface area contributed by atoms with Crippen molar-refractivity contribution in [3.8, 4) is 0 Å². The Kier molecular flexibility index (Phi) is 4.33. The predicted octanol–water partition coefficient (Wildman–Crippen LogP) is 4.03. The van der Waals surface area contributed by atoms with Crippen LogP contribution in [0.2, 0.25) is 5.02 Å². The number of nitrogens with zero attached hydrogens (tertiary/aromatic N) is 2. The van der Waals surface area contributed by atoms with Crippen LogP contribution >= 0.6 is 11.6 Å². The first-order valence-electron chi connectivity index (χ1n) is 6.43. The van der Waals surface area contributed by atoms with E-state index in [1.54, 1.807) is 25.2 Å². The fourth-order valence-electron chi connectivity index (χ4n) is 2.23. The molecule has 2 rings (SSSR count). The smallest absolute Gasteiger partial charge is 0.315 e. The van der Waals surface area contributed by atoms with Crippen molar-refractivity contribution < 1.29 is 4.92 Å².